The maximum Gasteiger partial charge on any atom is 0.323 e. The predicted molar refractivity (Wildman–Crippen MR) is 74.3 cm³/mol. The molecule has 0 fully saturated rings. The molecule has 2 N–H and O–H groups in total. The topological polar surface area (TPSA) is 69.6 Å². The first-order chi connectivity index (χ1) is 9.35. The SMILES string of the molecule is CCC(C)N(CC(=O)O)C(=O)Nc1ccc(F)cc1C. The zero-order valence-corrected chi connectivity index (χ0v) is 11.8. The summed E-state index contributed by atoms with van der Waals surface area (Å²) in [6.45, 7) is 4.94. The molecule has 0 spiro atoms. The van der Waals surface area contributed by atoms with E-state index in [4.69, 9.17) is 5.11 Å². The van der Waals surface area contributed by atoms with Crippen molar-refractivity contribution >= 4 is 17.7 Å². The van der Waals surface area contributed by atoms with Gasteiger partial charge in [-0.05, 0) is 44.0 Å². The van der Waals surface area contributed by atoms with Gasteiger partial charge in [-0.25, -0.2) is 9.18 Å². The van der Waals surface area contributed by atoms with Crippen molar-refractivity contribution in [2.75, 3.05) is 11.9 Å². The summed E-state index contributed by atoms with van der Waals surface area (Å²) in [5.74, 6) is -1.46. The largest absolute Gasteiger partial charge is 0.480 e. The maximum atomic E-state index is 13.0. The number of aryl methyl sites for hydroxylation is 1. The first-order valence-electron chi connectivity index (χ1n) is 6.40. The maximum absolute atomic E-state index is 13.0. The third kappa shape index (κ3) is 4.22. The van der Waals surface area contributed by atoms with E-state index >= 15 is 0 Å². The lowest BCUT2D eigenvalue weighted by Gasteiger charge is -2.27. The minimum absolute atomic E-state index is 0.202. The van der Waals surface area contributed by atoms with Crippen molar-refractivity contribution in [3.63, 3.8) is 0 Å². The summed E-state index contributed by atoms with van der Waals surface area (Å²) < 4.78 is 13.0. The number of urea groups is 1. The summed E-state index contributed by atoms with van der Waals surface area (Å²) in [4.78, 5) is 24.2. The van der Waals surface area contributed by atoms with Crippen LogP contribution in [0.3, 0.4) is 0 Å². The molecule has 1 atom stereocenters. The van der Waals surface area contributed by atoms with Gasteiger partial charge in [-0.2, -0.15) is 0 Å². The van der Waals surface area contributed by atoms with Crippen LogP contribution >= 0.6 is 0 Å². The normalized spacial score (nSPS) is 11.8. The van der Waals surface area contributed by atoms with Crippen LogP contribution in [-0.2, 0) is 4.79 Å². The van der Waals surface area contributed by atoms with E-state index in [0.29, 0.717) is 17.7 Å². The average Bonchev–Trinajstić information content (AvgIpc) is 2.38. The highest BCUT2D eigenvalue weighted by molar-refractivity contribution is 5.92. The van der Waals surface area contributed by atoms with Gasteiger partial charge in [-0.3, -0.25) is 4.79 Å². The highest BCUT2D eigenvalue weighted by Crippen LogP contribution is 2.17. The number of hydrogen-bond donors (Lipinski definition) is 2. The number of anilines is 1. The Kier molecular flexibility index (Phi) is 5.49. The average molecular weight is 282 g/mol. The monoisotopic (exact) mass is 282 g/mol. The van der Waals surface area contributed by atoms with Gasteiger partial charge in [-0.1, -0.05) is 6.92 Å². The molecule has 0 aromatic heterocycles. The fourth-order valence-electron chi connectivity index (χ4n) is 1.75. The molecule has 5 nitrogen and oxygen atoms in total. The van der Waals surface area contributed by atoms with Crippen molar-refractivity contribution in [1.82, 2.24) is 4.90 Å². The number of aliphatic carboxylic acids is 1. The van der Waals surface area contributed by atoms with Crippen molar-refractivity contribution in [1.29, 1.82) is 0 Å². The van der Waals surface area contributed by atoms with Crippen LogP contribution in [0.25, 0.3) is 0 Å². The number of hydrogen-bond acceptors (Lipinski definition) is 2. The minimum Gasteiger partial charge on any atom is -0.480 e. The molecule has 20 heavy (non-hydrogen) atoms. The van der Waals surface area contributed by atoms with E-state index < -0.39 is 12.0 Å². The van der Waals surface area contributed by atoms with Gasteiger partial charge in [0.2, 0.25) is 0 Å². The van der Waals surface area contributed by atoms with Crippen LogP contribution in [0.5, 0.6) is 0 Å². The lowest BCUT2D eigenvalue weighted by atomic mass is 10.2. The second kappa shape index (κ2) is 6.88. The van der Waals surface area contributed by atoms with Crippen molar-refractivity contribution in [2.45, 2.75) is 33.2 Å². The predicted octanol–water partition coefficient (Wildman–Crippen LogP) is 2.85. The first kappa shape index (κ1) is 15.9. The van der Waals surface area contributed by atoms with E-state index in [0.717, 1.165) is 0 Å². The summed E-state index contributed by atoms with van der Waals surface area (Å²) in [5, 5.41) is 11.5. The lowest BCUT2D eigenvalue weighted by Crippen LogP contribution is -2.44. The molecular weight excluding hydrogens is 263 g/mol. The summed E-state index contributed by atoms with van der Waals surface area (Å²) >= 11 is 0. The molecule has 2 amide bonds. The van der Waals surface area contributed by atoms with Gasteiger partial charge in [0.1, 0.15) is 12.4 Å². The Balaban J connectivity index is 2.87. The Morgan fingerprint density at radius 3 is 2.60 bits per heavy atom. The van der Waals surface area contributed by atoms with Crippen LogP contribution in [0.15, 0.2) is 18.2 Å². The Bertz CT molecular complexity index is 505. The Morgan fingerprint density at radius 1 is 1.45 bits per heavy atom. The molecule has 6 heteroatoms. The number of benzene rings is 1. The number of amides is 2. The highest BCUT2D eigenvalue weighted by Gasteiger charge is 2.22. The number of carboxylic acids is 1. The quantitative estimate of drug-likeness (QED) is 0.872. The molecule has 0 aliphatic carbocycles. The molecule has 0 saturated heterocycles. The summed E-state index contributed by atoms with van der Waals surface area (Å²) in [5.41, 5.74) is 1.05. The van der Waals surface area contributed by atoms with Crippen LogP contribution in [0.1, 0.15) is 25.8 Å². The molecule has 0 aliphatic rings. The van der Waals surface area contributed by atoms with Crippen molar-refractivity contribution in [2.24, 2.45) is 0 Å². The third-order valence-corrected chi connectivity index (χ3v) is 3.12. The lowest BCUT2D eigenvalue weighted by molar-refractivity contribution is -0.138. The Morgan fingerprint density at radius 2 is 2.10 bits per heavy atom. The molecule has 1 rings (SSSR count). The van der Waals surface area contributed by atoms with Crippen LogP contribution < -0.4 is 5.32 Å². The number of carbonyl (C=O) groups excluding carboxylic acids is 1. The molecular formula is C14H19FN2O3. The molecule has 0 heterocycles. The molecule has 1 aromatic carbocycles. The molecule has 0 radical (unpaired) electrons. The summed E-state index contributed by atoms with van der Waals surface area (Å²) in [6, 6.07) is 3.30. The zero-order valence-electron chi connectivity index (χ0n) is 11.8. The fraction of sp³-hybridized carbons (Fsp3) is 0.429. The second-order valence-electron chi connectivity index (χ2n) is 4.67. The number of nitrogens with zero attached hydrogens (tertiary/aromatic N) is 1. The molecule has 0 aliphatic heterocycles. The Hall–Kier alpha value is -2.11. The highest BCUT2D eigenvalue weighted by atomic mass is 19.1. The van der Waals surface area contributed by atoms with Crippen molar-refractivity contribution in [3.8, 4) is 0 Å². The molecule has 110 valence electrons. The number of rotatable bonds is 5. The fourth-order valence-corrected chi connectivity index (χ4v) is 1.75. The third-order valence-electron chi connectivity index (χ3n) is 3.12. The van der Waals surface area contributed by atoms with Gasteiger partial charge < -0.3 is 15.3 Å². The van der Waals surface area contributed by atoms with E-state index in [9.17, 15) is 14.0 Å². The van der Waals surface area contributed by atoms with Gasteiger partial charge in [0.05, 0.1) is 0 Å². The van der Waals surface area contributed by atoms with Gasteiger partial charge in [-0.15, -0.1) is 0 Å². The van der Waals surface area contributed by atoms with E-state index in [1.54, 1.807) is 13.8 Å². The van der Waals surface area contributed by atoms with E-state index in [2.05, 4.69) is 5.32 Å². The van der Waals surface area contributed by atoms with E-state index in [1.807, 2.05) is 6.92 Å². The van der Waals surface area contributed by atoms with Crippen LogP contribution in [0.2, 0.25) is 0 Å². The van der Waals surface area contributed by atoms with Crippen molar-refractivity contribution < 1.29 is 19.1 Å². The Labute approximate surface area is 117 Å². The van der Waals surface area contributed by atoms with Crippen molar-refractivity contribution in [3.05, 3.63) is 29.6 Å². The van der Waals surface area contributed by atoms with Crippen LogP contribution in [-0.4, -0.2) is 34.6 Å². The standard InChI is InChI=1S/C14H19FN2O3/c1-4-10(3)17(8-13(18)19)14(20)16-12-6-5-11(15)7-9(12)2/h5-7,10H,4,8H2,1-3H3,(H,16,20)(H,18,19). The van der Waals surface area contributed by atoms with Gasteiger partial charge in [0, 0.05) is 11.7 Å². The van der Waals surface area contributed by atoms with Crippen LogP contribution in [0.4, 0.5) is 14.9 Å². The number of nitrogens with one attached hydrogen (secondary N) is 1. The first-order valence-corrected chi connectivity index (χ1v) is 6.40. The van der Waals surface area contributed by atoms with Crippen LogP contribution in [0, 0.1) is 12.7 Å². The number of carboxylic acid groups (broad SMARTS) is 1. The van der Waals surface area contributed by atoms with Gasteiger partial charge >= 0.3 is 12.0 Å². The smallest absolute Gasteiger partial charge is 0.323 e. The van der Waals surface area contributed by atoms with Gasteiger partial charge in [0.15, 0.2) is 0 Å². The summed E-state index contributed by atoms with van der Waals surface area (Å²) in [6.07, 6.45) is 0.642. The van der Waals surface area contributed by atoms with E-state index in [1.165, 1.54) is 23.1 Å². The van der Waals surface area contributed by atoms with E-state index in [-0.39, 0.29) is 18.4 Å². The number of carbonyl (C=O) groups is 2. The zero-order chi connectivity index (χ0) is 15.3. The molecule has 0 saturated carbocycles. The van der Waals surface area contributed by atoms with Gasteiger partial charge in [0.25, 0.3) is 0 Å². The second-order valence-corrected chi connectivity index (χ2v) is 4.67. The molecule has 0 bridgehead atoms. The minimum atomic E-state index is -1.07. The number of halogens is 1. The molecule has 1 aromatic rings. The molecule has 1 unspecified atom stereocenters. The summed E-state index contributed by atoms with van der Waals surface area (Å²) in [7, 11) is 0.